The van der Waals surface area contributed by atoms with Gasteiger partial charge in [-0.3, -0.25) is 4.79 Å². The minimum atomic E-state index is -4.73. The summed E-state index contributed by atoms with van der Waals surface area (Å²) in [6, 6.07) is 9.13. The van der Waals surface area contributed by atoms with Crippen LogP contribution in [-0.2, 0) is 25.7 Å². The summed E-state index contributed by atoms with van der Waals surface area (Å²) < 4.78 is 69.9. The maximum Gasteiger partial charge on any atom is 0.416 e. The van der Waals surface area contributed by atoms with Gasteiger partial charge in [0.25, 0.3) is 0 Å². The monoisotopic (exact) mass is 456 g/mol. The molecule has 0 atom stereocenters. The molecule has 0 aliphatic rings. The lowest BCUT2D eigenvalue weighted by molar-refractivity contribution is -0.137. The van der Waals surface area contributed by atoms with E-state index in [1.54, 1.807) is 12.1 Å². The Hall–Kier alpha value is -3.18. The topological polar surface area (TPSA) is 92.8 Å². The van der Waals surface area contributed by atoms with Gasteiger partial charge in [0.15, 0.2) is 0 Å². The Bertz CT molecular complexity index is 1080. The van der Waals surface area contributed by atoms with E-state index in [-0.39, 0.29) is 17.8 Å². The lowest BCUT2D eigenvalue weighted by atomic mass is 10.2. The maximum atomic E-state index is 13.0. The summed E-state index contributed by atoms with van der Waals surface area (Å²) in [5.41, 5.74) is -0.993. The molecule has 1 N–H and O–H groups in total. The van der Waals surface area contributed by atoms with Crippen LogP contribution in [0.5, 0.6) is 0 Å². The third-order valence-corrected chi connectivity index (χ3v) is 5.87. The van der Waals surface area contributed by atoms with Crippen molar-refractivity contribution in [3.63, 3.8) is 0 Å². The molecule has 0 aliphatic heterocycles. The molecule has 0 unspecified atom stereocenters. The van der Waals surface area contributed by atoms with Gasteiger partial charge < -0.3 is 10.1 Å². The van der Waals surface area contributed by atoms with E-state index in [9.17, 15) is 31.2 Å². The molecule has 0 aromatic heterocycles. The van der Waals surface area contributed by atoms with Gasteiger partial charge in [0.05, 0.1) is 35.4 Å². The molecule has 1 amide bonds. The molecule has 7 nitrogen and oxygen atoms in total. The van der Waals surface area contributed by atoms with Crippen LogP contribution in [0.2, 0.25) is 0 Å². The number of esters is 1. The van der Waals surface area contributed by atoms with Crippen LogP contribution in [0.3, 0.4) is 0 Å². The van der Waals surface area contributed by atoms with Crippen LogP contribution in [0.4, 0.5) is 18.9 Å². The summed E-state index contributed by atoms with van der Waals surface area (Å²) >= 11 is 0. The van der Waals surface area contributed by atoms with Crippen LogP contribution < -0.4 is 5.32 Å². The fourth-order valence-corrected chi connectivity index (χ4v) is 4.02. The number of hydrogen-bond donors (Lipinski definition) is 1. The molecule has 0 heterocycles. The van der Waals surface area contributed by atoms with Crippen molar-refractivity contribution in [1.29, 1.82) is 0 Å². The van der Waals surface area contributed by atoms with Crippen molar-refractivity contribution in [2.75, 3.05) is 25.5 Å². The first-order valence-corrected chi connectivity index (χ1v) is 10.2. The van der Waals surface area contributed by atoms with E-state index in [2.05, 4.69) is 16.6 Å². The van der Waals surface area contributed by atoms with E-state index in [0.717, 1.165) is 25.3 Å². The predicted molar refractivity (Wildman–Crippen MR) is 107 cm³/mol. The van der Waals surface area contributed by atoms with Crippen LogP contribution in [0.25, 0.3) is 0 Å². The zero-order valence-corrected chi connectivity index (χ0v) is 17.2. The van der Waals surface area contributed by atoms with Gasteiger partial charge in [0.1, 0.15) is 0 Å². The zero-order valence-electron chi connectivity index (χ0n) is 16.3. The molecule has 11 heteroatoms. The van der Waals surface area contributed by atoms with Crippen molar-refractivity contribution in [2.24, 2.45) is 0 Å². The van der Waals surface area contributed by atoms with E-state index < -0.39 is 45.1 Å². The van der Waals surface area contributed by atoms with E-state index in [1.807, 2.05) is 0 Å². The number of rotatable bonds is 8. The molecule has 166 valence electrons. The number of amides is 1. The third-order valence-electron chi connectivity index (χ3n) is 4.06. The van der Waals surface area contributed by atoms with Crippen molar-refractivity contribution in [3.8, 4) is 0 Å². The van der Waals surface area contributed by atoms with Gasteiger partial charge in [-0.2, -0.15) is 17.5 Å². The average Bonchev–Trinajstić information content (AvgIpc) is 2.72. The number of halogens is 3. The van der Waals surface area contributed by atoms with Crippen molar-refractivity contribution in [1.82, 2.24) is 4.31 Å². The Balaban J connectivity index is 2.30. The highest BCUT2D eigenvalue weighted by Gasteiger charge is 2.33. The molecule has 2 aromatic rings. The fourth-order valence-electron chi connectivity index (χ4n) is 2.60. The average molecular weight is 456 g/mol. The minimum absolute atomic E-state index is 0.0503. The summed E-state index contributed by atoms with van der Waals surface area (Å²) in [6.07, 6.45) is -3.54. The smallest absolute Gasteiger partial charge is 0.416 e. The van der Waals surface area contributed by atoms with Gasteiger partial charge in [0, 0.05) is 6.54 Å². The Kier molecular flexibility index (Phi) is 7.58. The first-order valence-electron chi connectivity index (χ1n) is 8.76. The van der Waals surface area contributed by atoms with E-state index >= 15 is 0 Å². The van der Waals surface area contributed by atoms with Gasteiger partial charge >= 0.3 is 12.1 Å². The number of hydrogen-bond acceptors (Lipinski definition) is 5. The third kappa shape index (κ3) is 5.92. The first-order chi connectivity index (χ1) is 14.5. The zero-order chi connectivity index (χ0) is 23.2. The molecule has 0 radical (unpaired) electrons. The fraction of sp³-hybridized carbons (Fsp3) is 0.200. The Labute approximate surface area is 177 Å². The summed E-state index contributed by atoms with van der Waals surface area (Å²) in [5, 5.41) is 2.41. The number of ether oxygens (including phenoxy) is 1. The van der Waals surface area contributed by atoms with E-state index in [1.165, 1.54) is 18.2 Å². The molecule has 0 fully saturated rings. The molecule has 2 aromatic carbocycles. The lowest BCUT2D eigenvalue weighted by Crippen LogP contribution is -2.38. The highest BCUT2D eigenvalue weighted by atomic mass is 32.2. The van der Waals surface area contributed by atoms with Gasteiger partial charge in [-0.05, 0) is 30.3 Å². The molecule has 0 spiro atoms. The summed E-state index contributed by atoms with van der Waals surface area (Å²) in [7, 11) is -3.29. The lowest BCUT2D eigenvalue weighted by Gasteiger charge is -2.21. The second-order valence-electron chi connectivity index (χ2n) is 6.20. The molecule has 0 bridgehead atoms. The van der Waals surface area contributed by atoms with Crippen LogP contribution in [0.1, 0.15) is 15.9 Å². The number of para-hydroxylation sites is 1. The SMILES string of the molecule is C=CCN(CC(=O)Nc1ccccc1C(=O)OC)S(=O)(=O)c1cccc(C(F)(F)F)c1. The highest BCUT2D eigenvalue weighted by Crippen LogP contribution is 2.31. The maximum absolute atomic E-state index is 13.0. The quantitative estimate of drug-likeness (QED) is 0.486. The molecule has 2 rings (SSSR count). The molecule has 0 saturated carbocycles. The number of carbonyl (C=O) groups is 2. The van der Waals surface area contributed by atoms with Crippen molar-refractivity contribution >= 4 is 27.6 Å². The molecular formula is C20H19F3N2O5S. The van der Waals surface area contributed by atoms with Crippen LogP contribution in [-0.4, -0.2) is 44.8 Å². The number of sulfonamides is 1. The largest absolute Gasteiger partial charge is 0.465 e. The van der Waals surface area contributed by atoms with Crippen LogP contribution >= 0.6 is 0 Å². The first kappa shape index (κ1) is 24.1. The van der Waals surface area contributed by atoms with Crippen molar-refractivity contribution in [3.05, 3.63) is 72.3 Å². The number of carbonyl (C=O) groups excluding carboxylic acids is 2. The van der Waals surface area contributed by atoms with Crippen molar-refractivity contribution < 1.29 is 35.9 Å². The molecule has 0 aliphatic carbocycles. The second-order valence-corrected chi connectivity index (χ2v) is 8.14. The Morgan fingerprint density at radius 2 is 1.84 bits per heavy atom. The highest BCUT2D eigenvalue weighted by molar-refractivity contribution is 7.89. The van der Waals surface area contributed by atoms with Crippen molar-refractivity contribution in [2.45, 2.75) is 11.1 Å². The van der Waals surface area contributed by atoms with Gasteiger partial charge in [-0.15, -0.1) is 6.58 Å². The van der Waals surface area contributed by atoms with Gasteiger partial charge in [-0.25, -0.2) is 13.2 Å². The summed E-state index contributed by atoms with van der Waals surface area (Å²) in [6.45, 7) is 2.37. The number of nitrogens with zero attached hydrogens (tertiary/aromatic N) is 1. The number of methoxy groups -OCH3 is 1. The minimum Gasteiger partial charge on any atom is -0.465 e. The van der Waals surface area contributed by atoms with Gasteiger partial charge in [0.2, 0.25) is 15.9 Å². The number of benzene rings is 2. The van der Waals surface area contributed by atoms with E-state index in [0.29, 0.717) is 10.4 Å². The Morgan fingerprint density at radius 3 is 2.45 bits per heavy atom. The van der Waals surface area contributed by atoms with Crippen LogP contribution in [0, 0.1) is 0 Å². The molecule has 31 heavy (non-hydrogen) atoms. The summed E-state index contributed by atoms with van der Waals surface area (Å²) in [5.74, 6) is -1.52. The predicted octanol–water partition coefficient (Wildman–Crippen LogP) is 3.31. The van der Waals surface area contributed by atoms with Crippen LogP contribution in [0.15, 0.2) is 66.1 Å². The molecule has 0 saturated heterocycles. The normalized spacial score (nSPS) is 11.8. The van der Waals surface area contributed by atoms with Gasteiger partial charge in [-0.1, -0.05) is 24.3 Å². The second kappa shape index (κ2) is 9.75. The summed E-state index contributed by atoms with van der Waals surface area (Å²) in [4.78, 5) is 23.7. The Morgan fingerprint density at radius 1 is 1.16 bits per heavy atom. The van der Waals surface area contributed by atoms with E-state index in [4.69, 9.17) is 0 Å². The number of anilines is 1. The number of nitrogens with one attached hydrogen (secondary N) is 1. The molecular weight excluding hydrogens is 437 g/mol. The standard InChI is InChI=1S/C20H19F3N2O5S/c1-3-11-25(31(28,29)15-8-6-7-14(12-15)20(21,22)23)13-18(26)24-17-10-5-4-9-16(17)19(27)30-2/h3-10,12H,1,11,13H2,2H3,(H,24,26). The number of alkyl halides is 3.